The van der Waals surface area contributed by atoms with Gasteiger partial charge in [0.15, 0.2) is 0 Å². The van der Waals surface area contributed by atoms with Crippen molar-refractivity contribution < 1.29 is 19.4 Å². The van der Waals surface area contributed by atoms with Crippen molar-refractivity contribution in [3.05, 3.63) is 71.8 Å². The number of hydrogen-bond acceptors (Lipinski definition) is 4. The van der Waals surface area contributed by atoms with Crippen molar-refractivity contribution in [3.8, 4) is 5.75 Å². The number of Topliss-reactive ketones (excluding diaryl/α,β-unsaturated/α-hetero) is 1. The average molecular weight is 368 g/mol. The van der Waals surface area contributed by atoms with Crippen molar-refractivity contribution in [2.45, 2.75) is 26.6 Å². The topological polar surface area (TPSA) is 55.8 Å². The van der Waals surface area contributed by atoms with E-state index in [0.717, 1.165) is 16.9 Å². The van der Waals surface area contributed by atoms with Crippen LogP contribution in [0.15, 0.2) is 60.7 Å². The molecule has 0 saturated heterocycles. The zero-order valence-electron chi connectivity index (χ0n) is 16.2. The molecule has 0 spiro atoms. The number of benzene rings is 2. The summed E-state index contributed by atoms with van der Waals surface area (Å²) in [5.74, 6) is 0.0335. The van der Waals surface area contributed by atoms with E-state index >= 15 is 0 Å². The highest BCUT2D eigenvalue weighted by molar-refractivity contribution is 5.83. The van der Waals surface area contributed by atoms with Crippen molar-refractivity contribution in [1.29, 1.82) is 0 Å². The van der Waals surface area contributed by atoms with Crippen LogP contribution in [0.4, 0.5) is 0 Å². The summed E-state index contributed by atoms with van der Waals surface area (Å²) in [6.45, 7) is 4.35. The summed E-state index contributed by atoms with van der Waals surface area (Å²) in [6, 6.07) is 17.3. The largest absolute Gasteiger partial charge is 0.497 e. The van der Waals surface area contributed by atoms with Crippen molar-refractivity contribution >= 4 is 11.9 Å². The molecule has 1 N–H and O–H groups in total. The molecule has 0 fully saturated rings. The summed E-state index contributed by atoms with van der Waals surface area (Å²) in [6.07, 6.45) is 2.68. The molecular weight excluding hydrogens is 340 g/mol. The Hall–Kier alpha value is -2.43. The van der Waals surface area contributed by atoms with Crippen LogP contribution in [0.5, 0.6) is 5.75 Å². The first-order valence-corrected chi connectivity index (χ1v) is 9.17. The normalized spacial score (nSPS) is 14.7. The van der Waals surface area contributed by atoms with Crippen molar-refractivity contribution in [1.82, 2.24) is 0 Å². The lowest BCUT2D eigenvalue weighted by Gasteiger charge is -2.19. The van der Waals surface area contributed by atoms with Gasteiger partial charge >= 0.3 is 0 Å². The van der Waals surface area contributed by atoms with Gasteiger partial charge in [0.1, 0.15) is 11.5 Å². The minimum atomic E-state index is -0.818. The number of ether oxygens (including phenoxy) is 2. The minimum Gasteiger partial charge on any atom is -0.497 e. The Balaban J connectivity index is 1.79. The van der Waals surface area contributed by atoms with Crippen LogP contribution < -0.4 is 4.74 Å². The number of aliphatic hydroxyl groups is 1. The SMILES string of the molecule is COc1ccc(COC[C@H](C)C(=O)[C@H](C)[C@@H](O)/C=C/c2ccccc2)cc1. The molecule has 2 rings (SSSR count). The quantitative estimate of drug-likeness (QED) is 0.685. The number of rotatable bonds is 10. The van der Waals surface area contributed by atoms with E-state index in [1.165, 1.54) is 0 Å². The second-order valence-corrected chi connectivity index (χ2v) is 6.72. The molecule has 3 atom stereocenters. The molecule has 0 radical (unpaired) electrons. The molecule has 0 aromatic heterocycles. The van der Waals surface area contributed by atoms with Crippen LogP contribution in [-0.2, 0) is 16.1 Å². The van der Waals surface area contributed by atoms with Crippen LogP contribution in [0, 0.1) is 11.8 Å². The van der Waals surface area contributed by atoms with Gasteiger partial charge in [-0.15, -0.1) is 0 Å². The predicted octanol–water partition coefficient (Wildman–Crippen LogP) is 4.13. The summed E-state index contributed by atoms with van der Waals surface area (Å²) in [5, 5.41) is 10.3. The Morgan fingerprint density at radius 2 is 1.74 bits per heavy atom. The zero-order valence-corrected chi connectivity index (χ0v) is 16.2. The number of aliphatic hydroxyl groups excluding tert-OH is 1. The second kappa shape index (κ2) is 10.7. The molecule has 0 aliphatic heterocycles. The Labute approximate surface area is 161 Å². The Bertz CT molecular complexity index is 722. The Morgan fingerprint density at radius 3 is 2.37 bits per heavy atom. The zero-order chi connectivity index (χ0) is 19.6. The summed E-state index contributed by atoms with van der Waals surface area (Å²) >= 11 is 0. The standard InChI is InChI=1S/C23H28O4/c1-17(15-27-16-20-9-12-21(26-3)13-10-20)23(25)18(2)22(24)14-11-19-7-5-4-6-8-19/h4-14,17-18,22,24H,15-16H2,1-3H3/b14-11+/t17-,18+,22-/m0/s1. The van der Waals surface area contributed by atoms with E-state index in [2.05, 4.69) is 0 Å². The lowest BCUT2D eigenvalue weighted by atomic mass is 9.91. The van der Waals surface area contributed by atoms with Crippen LogP contribution >= 0.6 is 0 Å². The maximum absolute atomic E-state index is 12.5. The van der Waals surface area contributed by atoms with Crippen molar-refractivity contribution in [3.63, 3.8) is 0 Å². The van der Waals surface area contributed by atoms with Gasteiger partial charge in [0.25, 0.3) is 0 Å². The van der Waals surface area contributed by atoms with Crippen LogP contribution in [-0.4, -0.2) is 30.7 Å². The molecule has 4 heteroatoms. The lowest BCUT2D eigenvalue weighted by molar-refractivity contribution is -0.130. The fraction of sp³-hybridized carbons (Fsp3) is 0.348. The fourth-order valence-corrected chi connectivity index (χ4v) is 2.72. The van der Waals surface area contributed by atoms with E-state index in [1.54, 1.807) is 20.1 Å². The molecule has 0 aliphatic carbocycles. The third-order valence-electron chi connectivity index (χ3n) is 4.53. The third kappa shape index (κ3) is 6.66. The average Bonchev–Trinajstić information content (AvgIpc) is 2.72. The highest BCUT2D eigenvalue weighted by Gasteiger charge is 2.24. The van der Waals surface area contributed by atoms with Gasteiger partial charge in [0.05, 0.1) is 26.4 Å². The molecule has 0 bridgehead atoms. The molecule has 0 heterocycles. The van der Waals surface area contributed by atoms with Gasteiger partial charge < -0.3 is 14.6 Å². The van der Waals surface area contributed by atoms with Crippen LogP contribution in [0.3, 0.4) is 0 Å². The van der Waals surface area contributed by atoms with Crippen molar-refractivity contribution in [2.75, 3.05) is 13.7 Å². The van der Waals surface area contributed by atoms with Gasteiger partial charge in [-0.3, -0.25) is 4.79 Å². The highest BCUT2D eigenvalue weighted by atomic mass is 16.5. The van der Waals surface area contributed by atoms with E-state index in [-0.39, 0.29) is 11.7 Å². The molecular formula is C23H28O4. The summed E-state index contributed by atoms with van der Waals surface area (Å²) in [7, 11) is 1.63. The predicted molar refractivity (Wildman–Crippen MR) is 107 cm³/mol. The lowest BCUT2D eigenvalue weighted by Crippen LogP contribution is -2.30. The summed E-state index contributed by atoms with van der Waals surface area (Å²) in [4.78, 5) is 12.5. The molecule has 2 aromatic carbocycles. The molecule has 0 amide bonds. The highest BCUT2D eigenvalue weighted by Crippen LogP contribution is 2.16. The molecule has 0 aliphatic rings. The minimum absolute atomic E-state index is 0.00468. The monoisotopic (exact) mass is 368 g/mol. The maximum Gasteiger partial charge on any atom is 0.143 e. The van der Waals surface area contributed by atoms with Crippen LogP contribution in [0.25, 0.3) is 6.08 Å². The number of ketones is 1. The second-order valence-electron chi connectivity index (χ2n) is 6.72. The fourth-order valence-electron chi connectivity index (χ4n) is 2.72. The van der Waals surface area contributed by atoms with E-state index in [1.807, 2.05) is 67.6 Å². The maximum atomic E-state index is 12.5. The Morgan fingerprint density at radius 1 is 1.07 bits per heavy atom. The first-order valence-electron chi connectivity index (χ1n) is 9.17. The molecule has 144 valence electrons. The van der Waals surface area contributed by atoms with E-state index < -0.39 is 12.0 Å². The summed E-state index contributed by atoms with van der Waals surface area (Å²) < 4.78 is 10.8. The van der Waals surface area contributed by atoms with Gasteiger partial charge in [-0.2, -0.15) is 0 Å². The molecule has 0 saturated carbocycles. The van der Waals surface area contributed by atoms with Gasteiger partial charge in [-0.1, -0.05) is 68.5 Å². The molecule has 0 unspecified atom stereocenters. The molecule has 4 nitrogen and oxygen atoms in total. The number of methoxy groups -OCH3 is 1. The number of hydrogen-bond donors (Lipinski definition) is 1. The number of carbonyl (C=O) groups is 1. The van der Waals surface area contributed by atoms with Gasteiger partial charge in [-0.05, 0) is 23.3 Å². The van der Waals surface area contributed by atoms with Crippen molar-refractivity contribution in [2.24, 2.45) is 11.8 Å². The summed E-state index contributed by atoms with van der Waals surface area (Å²) in [5.41, 5.74) is 2.02. The van der Waals surface area contributed by atoms with E-state index in [0.29, 0.717) is 13.2 Å². The van der Waals surface area contributed by atoms with E-state index in [4.69, 9.17) is 9.47 Å². The van der Waals surface area contributed by atoms with Crippen LogP contribution in [0.1, 0.15) is 25.0 Å². The Kier molecular flexibility index (Phi) is 8.24. The first kappa shape index (κ1) is 20.9. The van der Waals surface area contributed by atoms with Crippen LogP contribution in [0.2, 0.25) is 0 Å². The number of carbonyl (C=O) groups excluding carboxylic acids is 1. The first-order chi connectivity index (χ1) is 13.0. The van der Waals surface area contributed by atoms with E-state index in [9.17, 15) is 9.90 Å². The smallest absolute Gasteiger partial charge is 0.143 e. The van der Waals surface area contributed by atoms with Gasteiger partial charge in [0.2, 0.25) is 0 Å². The molecule has 27 heavy (non-hydrogen) atoms. The molecule has 2 aromatic rings. The van der Waals surface area contributed by atoms with Gasteiger partial charge in [0, 0.05) is 11.8 Å². The van der Waals surface area contributed by atoms with Gasteiger partial charge in [-0.25, -0.2) is 0 Å². The third-order valence-corrected chi connectivity index (χ3v) is 4.53.